The summed E-state index contributed by atoms with van der Waals surface area (Å²) in [6.45, 7) is 0.633. The highest BCUT2D eigenvalue weighted by Crippen LogP contribution is 2.27. The predicted molar refractivity (Wildman–Crippen MR) is 97.2 cm³/mol. The Kier molecular flexibility index (Phi) is 7.29. The van der Waals surface area contributed by atoms with Crippen molar-refractivity contribution >= 4 is 5.91 Å². The summed E-state index contributed by atoms with van der Waals surface area (Å²) in [5, 5.41) is 12.0. The molecule has 0 aliphatic rings. The van der Waals surface area contributed by atoms with E-state index in [0.29, 0.717) is 37.3 Å². The summed E-state index contributed by atoms with van der Waals surface area (Å²) < 4.78 is 10.5. The van der Waals surface area contributed by atoms with Crippen molar-refractivity contribution in [3.63, 3.8) is 0 Å². The average molecular weight is 343 g/mol. The van der Waals surface area contributed by atoms with Gasteiger partial charge in [0.25, 0.3) is 0 Å². The van der Waals surface area contributed by atoms with Crippen molar-refractivity contribution in [1.82, 2.24) is 5.32 Å². The number of benzene rings is 2. The van der Waals surface area contributed by atoms with Gasteiger partial charge in [-0.1, -0.05) is 30.3 Å². The van der Waals surface area contributed by atoms with Crippen molar-refractivity contribution in [2.24, 2.45) is 0 Å². The van der Waals surface area contributed by atoms with E-state index < -0.39 is 0 Å². The Balaban J connectivity index is 1.87. The van der Waals surface area contributed by atoms with E-state index in [1.807, 2.05) is 42.5 Å². The summed E-state index contributed by atoms with van der Waals surface area (Å²) in [5.41, 5.74) is 3.04. The molecular weight excluding hydrogens is 318 g/mol. The van der Waals surface area contributed by atoms with Crippen molar-refractivity contribution in [2.45, 2.75) is 19.3 Å². The molecule has 5 heteroatoms. The summed E-state index contributed by atoms with van der Waals surface area (Å²) in [7, 11) is 3.21. The number of aliphatic hydroxyl groups excluding tert-OH is 1. The van der Waals surface area contributed by atoms with Crippen molar-refractivity contribution < 1.29 is 19.4 Å². The fourth-order valence-electron chi connectivity index (χ4n) is 2.71. The van der Waals surface area contributed by atoms with Crippen molar-refractivity contribution in [1.29, 1.82) is 0 Å². The summed E-state index contributed by atoms with van der Waals surface area (Å²) in [6, 6.07) is 13.4. The maximum absolute atomic E-state index is 12.2. The van der Waals surface area contributed by atoms with Gasteiger partial charge in [-0.05, 0) is 41.7 Å². The first-order valence-corrected chi connectivity index (χ1v) is 8.33. The van der Waals surface area contributed by atoms with Gasteiger partial charge in [-0.25, -0.2) is 0 Å². The van der Waals surface area contributed by atoms with Crippen LogP contribution in [0.3, 0.4) is 0 Å². The number of carbonyl (C=O) groups is 1. The highest BCUT2D eigenvalue weighted by molar-refractivity contribution is 5.78. The first kappa shape index (κ1) is 18.8. The van der Waals surface area contributed by atoms with Crippen LogP contribution in [-0.2, 0) is 24.1 Å². The molecule has 1 amide bonds. The lowest BCUT2D eigenvalue weighted by Gasteiger charge is -2.11. The van der Waals surface area contributed by atoms with Crippen LogP contribution in [-0.4, -0.2) is 38.4 Å². The van der Waals surface area contributed by atoms with Crippen LogP contribution in [0.15, 0.2) is 42.5 Å². The highest BCUT2D eigenvalue weighted by Gasteiger charge is 2.08. The van der Waals surface area contributed by atoms with Gasteiger partial charge in [-0.15, -0.1) is 0 Å². The first-order chi connectivity index (χ1) is 12.2. The van der Waals surface area contributed by atoms with E-state index in [1.54, 1.807) is 14.2 Å². The number of rotatable bonds is 9. The van der Waals surface area contributed by atoms with E-state index in [-0.39, 0.29) is 12.5 Å². The Bertz CT molecular complexity index is 700. The number of aliphatic hydroxyl groups is 1. The van der Waals surface area contributed by atoms with Crippen LogP contribution in [0.2, 0.25) is 0 Å². The molecule has 2 rings (SSSR count). The molecule has 0 aromatic heterocycles. The molecule has 0 radical (unpaired) electrons. The molecule has 0 saturated heterocycles. The maximum Gasteiger partial charge on any atom is 0.224 e. The van der Waals surface area contributed by atoms with Gasteiger partial charge in [0.05, 0.1) is 20.6 Å². The second-order valence-electron chi connectivity index (χ2n) is 5.71. The van der Waals surface area contributed by atoms with Crippen LogP contribution >= 0.6 is 0 Å². The van der Waals surface area contributed by atoms with E-state index in [4.69, 9.17) is 14.6 Å². The fraction of sp³-hybridized carbons (Fsp3) is 0.350. The van der Waals surface area contributed by atoms with Crippen molar-refractivity contribution in [3.8, 4) is 11.5 Å². The molecule has 0 fully saturated rings. The number of ether oxygens (including phenoxy) is 2. The smallest absolute Gasteiger partial charge is 0.224 e. The standard InChI is InChI=1S/C20H25NO4/c1-24-18-8-7-15(13-19(18)25-2)9-11-21-20(23)14-17-6-4-3-5-16(17)10-12-22/h3-8,13,22H,9-12,14H2,1-2H3,(H,21,23). The van der Waals surface area contributed by atoms with E-state index in [0.717, 1.165) is 16.7 Å². The van der Waals surface area contributed by atoms with Crippen LogP contribution in [0, 0.1) is 0 Å². The van der Waals surface area contributed by atoms with Crippen LogP contribution < -0.4 is 14.8 Å². The third-order valence-electron chi connectivity index (χ3n) is 4.03. The minimum Gasteiger partial charge on any atom is -0.493 e. The zero-order valence-electron chi connectivity index (χ0n) is 14.7. The average Bonchev–Trinajstić information content (AvgIpc) is 2.63. The molecule has 2 aromatic carbocycles. The third-order valence-corrected chi connectivity index (χ3v) is 4.03. The van der Waals surface area contributed by atoms with Crippen molar-refractivity contribution in [2.75, 3.05) is 27.4 Å². The van der Waals surface area contributed by atoms with E-state index in [9.17, 15) is 4.79 Å². The molecule has 25 heavy (non-hydrogen) atoms. The Morgan fingerprint density at radius 1 is 1.00 bits per heavy atom. The van der Waals surface area contributed by atoms with Gasteiger partial charge in [0.2, 0.25) is 5.91 Å². The van der Waals surface area contributed by atoms with Crippen LogP contribution in [0.5, 0.6) is 11.5 Å². The highest BCUT2D eigenvalue weighted by atomic mass is 16.5. The molecule has 0 spiro atoms. The number of hydrogen-bond donors (Lipinski definition) is 2. The molecule has 2 N–H and O–H groups in total. The van der Waals surface area contributed by atoms with Gasteiger partial charge in [0, 0.05) is 13.2 Å². The predicted octanol–water partition coefficient (Wildman–Crippen LogP) is 2.14. The summed E-state index contributed by atoms with van der Waals surface area (Å²) in [4.78, 5) is 12.2. The molecule has 0 saturated carbocycles. The van der Waals surface area contributed by atoms with Gasteiger partial charge in [-0.2, -0.15) is 0 Å². The molecule has 0 unspecified atom stereocenters. The summed E-state index contributed by atoms with van der Waals surface area (Å²) in [5.74, 6) is 1.35. The Morgan fingerprint density at radius 3 is 2.40 bits per heavy atom. The number of methoxy groups -OCH3 is 2. The quantitative estimate of drug-likeness (QED) is 0.732. The zero-order valence-corrected chi connectivity index (χ0v) is 14.7. The summed E-state index contributed by atoms with van der Waals surface area (Å²) >= 11 is 0. The third kappa shape index (κ3) is 5.50. The molecule has 2 aromatic rings. The van der Waals surface area contributed by atoms with Gasteiger partial charge < -0.3 is 19.9 Å². The summed E-state index contributed by atoms with van der Waals surface area (Å²) in [6.07, 6.45) is 1.60. The van der Waals surface area contributed by atoms with Crippen LogP contribution in [0.4, 0.5) is 0 Å². The number of amides is 1. The monoisotopic (exact) mass is 343 g/mol. The minimum absolute atomic E-state index is 0.0223. The second kappa shape index (κ2) is 9.69. The SMILES string of the molecule is COc1ccc(CCNC(=O)Cc2ccccc2CCO)cc1OC. The number of nitrogens with one attached hydrogen (secondary N) is 1. The second-order valence-corrected chi connectivity index (χ2v) is 5.71. The molecule has 0 aliphatic heterocycles. The molecule has 0 aliphatic carbocycles. The molecule has 0 heterocycles. The Morgan fingerprint density at radius 2 is 1.72 bits per heavy atom. The Hall–Kier alpha value is -2.53. The fourth-order valence-corrected chi connectivity index (χ4v) is 2.71. The molecule has 0 atom stereocenters. The van der Waals surface area contributed by atoms with Gasteiger partial charge in [-0.3, -0.25) is 4.79 Å². The number of hydrogen-bond acceptors (Lipinski definition) is 4. The first-order valence-electron chi connectivity index (χ1n) is 8.33. The van der Waals surface area contributed by atoms with E-state index >= 15 is 0 Å². The molecule has 0 bridgehead atoms. The van der Waals surface area contributed by atoms with Gasteiger partial charge in [0.15, 0.2) is 11.5 Å². The van der Waals surface area contributed by atoms with Crippen LogP contribution in [0.1, 0.15) is 16.7 Å². The van der Waals surface area contributed by atoms with Crippen LogP contribution in [0.25, 0.3) is 0 Å². The number of carbonyl (C=O) groups excluding carboxylic acids is 1. The minimum atomic E-state index is -0.0223. The molecule has 134 valence electrons. The van der Waals surface area contributed by atoms with Gasteiger partial charge in [0.1, 0.15) is 0 Å². The maximum atomic E-state index is 12.2. The van der Waals surface area contributed by atoms with Gasteiger partial charge >= 0.3 is 0 Å². The Labute approximate surface area is 148 Å². The van der Waals surface area contributed by atoms with E-state index in [2.05, 4.69) is 5.32 Å². The lowest BCUT2D eigenvalue weighted by atomic mass is 10.0. The largest absolute Gasteiger partial charge is 0.493 e. The topological polar surface area (TPSA) is 67.8 Å². The van der Waals surface area contributed by atoms with Crippen molar-refractivity contribution in [3.05, 3.63) is 59.2 Å². The normalized spacial score (nSPS) is 10.4. The lowest BCUT2D eigenvalue weighted by molar-refractivity contribution is -0.120. The zero-order chi connectivity index (χ0) is 18.1. The lowest BCUT2D eigenvalue weighted by Crippen LogP contribution is -2.27. The molecule has 5 nitrogen and oxygen atoms in total. The molecular formula is C20H25NO4. The van der Waals surface area contributed by atoms with E-state index in [1.165, 1.54) is 0 Å².